The minimum absolute atomic E-state index is 0.0660. The van der Waals surface area contributed by atoms with Crippen molar-refractivity contribution in [2.75, 3.05) is 32.6 Å². The lowest BCUT2D eigenvalue weighted by Crippen LogP contribution is -2.38. The number of carbonyl (C=O) groups excluding carboxylic acids is 2. The average Bonchev–Trinajstić information content (AvgIpc) is 2.83. The molecule has 0 radical (unpaired) electrons. The molecular formula is C26H29N3O4. The molecule has 7 heteroatoms. The van der Waals surface area contributed by atoms with Gasteiger partial charge in [-0.25, -0.2) is 0 Å². The van der Waals surface area contributed by atoms with Crippen molar-refractivity contribution in [2.24, 2.45) is 5.92 Å². The predicted octanol–water partition coefficient (Wildman–Crippen LogP) is 4.31. The molecule has 1 N–H and O–H groups in total. The van der Waals surface area contributed by atoms with Gasteiger partial charge in [-0.1, -0.05) is 6.07 Å². The summed E-state index contributed by atoms with van der Waals surface area (Å²) in [5.74, 6) is 1.14. The van der Waals surface area contributed by atoms with Gasteiger partial charge in [0.2, 0.25) is 5.91 Å². The van der Waals surface area contributed by atoms with Crippen molar-refractivity contribution in [3.63, 3.8) is 0 Å². The molecule has 1 amide bonds. The summed E-state index contributed by atoms with van der Waals surface area (Å²) in [5, 5.41) is 3.77. The Morgan fingerprint density at radius 2 is 1.91 bits per heavy atom. The number of fused-ring (bicyclic) bond motifs is 1. The molecular weight excluding hydrogens is 418 g/mol. The maximum absolute atomic E-state index is 13.2. The molecule has 1 fully saturated rings. The molecule has 1 aliphatic heterocycles. The number of amides is 1. The molecule has 1 aliphatic rings. The number of hydrogen-bond acceptors (Lipinski definition) is 6. The molecule has 172 valence electrons. The molecule has 1 aromatic heterocycles. The lowest BCUT2D eigenvalue weighted by molar-refractivity contribution is -0.114. The van der Waals surface area contributed by atoms with Crippen molar-refractivity contribution in [1.82, 2.24) is 9.88 Å². The van der Waals surface area contributed by atoms with E-state index in [-0.39, 0.29) is 17.6 Å². The fraction of sp³-hybridized carbons (Fsp3) is 0.346. The highest BCUT2D eigenvalue weighted by Crippen LogP contribution is 2.30. The van der Waals surface area contributed by atoms with Crippen molar-refractivity contribution in [3.05, 3.63) is 59.8 Å². The summed E-state index contributed by atoms with van der Waals surface area (Å²) in [4.78, 5) is 31.7. The van der Waals surface area contributed by atoms with Gasteiger partial charge in [-0.15, -0.1) is 0 Å². The third kappa shape index (κ3) is 5.14. The van der Waals surface area contributed by atoms with Gasteiger partial charge in [0.1, 0.15) is 0 Å². The molecule has 4 rings (SSSR count). The first kappa shape index (κ1) is 22.7. The maximum Gasteiger partial charge on any atom is 0.221 e. The summed E-state index contributed by atoms with van der Waals surface area (Å²) in [6.07, 6.45) is 1.83. The Morgan fingerprint density at radius 1 is 1.09 bits per heavy atom. The summed E-state index contributed by atoms with van der Waals surface area (Å²) >= 11 is 0. The van der Waals surface area contributed by atoms with Gasteiger partial charge in [0.25, 0.3) is 0 Å². The molecule has 7 nitrogen and oxygen atoms in total. The third-order valence-corrected chi connectivity index (χ3v) is 6.03. The molecule has 0 aliphatic carbocycles. The Balaban J connectivity index is 1.47. The van der Waals surface area contributed by atoms with Crippen molar-refractivity contribution >= 4 is 28.3 Å². The molecule has 0 bridgehead atoms. The van der Waals surface area contributed by atoms with Gasteiger partial charge in [-0.2, -0.15) is 0 Å². The number of benzene rings is 2. The van der Waals surface area contributed by atoms with E-state index in [0.29, 0.717) is 30.2 Å². The number of anilines is 1. The van der Waals surface area contributed by atoms with Crippen LogP contribution in [0, 0.1) is 5.92 Å². The molecule has 0 saturated carbocycles. The Kier molecular flexibility index (Phi) is 6.89. The summed E-state index contributed by atoms with van der Waals surface area (Å²) in [6.45, 7) is 3.80. The lowest BCUT2D eigenvalue weighted by atomic mass is 9.89. The van der Waals surface area contributed by atoms with Crippen molar-refractivity contribution in [2.45, 2.75) is 26.3 Å². The van der Waals surface area contributed by atoms with Gasteiger partial charge in [0, 0.05) is 36.9 Å². The van der Waals surface area contributed by atoms with Crippen LogP contribution in [0.5, 0.6) is 11.5 Å². The van der Waals surface area contributed by atoms with Gasteiger partial charge >= 0.3 is 0 Å². The van der Waals surface area contributed by atoms with Crippen LogP contribution in [0.1, 0.15) is 35.8 Å². The zero-order valence-corrected chi connectivity index (χ0v) is 19.3. The van der Waals surface area contributed by atoms with Crippen molar-refractivity contribution < 1.29 is 19.1 Å². The predicted molar refractivity (Wildman–Crippen MR) is 128 cm³/mol. The molecule has 3 aromatic rings. The van der Waals surface area contributed by atoms with Crippen LogP contribution in [0.15, 0.2) is 48.5 Å². The normalized spacial score (nSPS) is 16.4. The van der Waals surface area contributed by atoms with Crippen molar-refractivity contribution in [3.8, 4) is 11.5 Å². The maximum atomic E-state index is 13.2. The number of nitrogens with zero attached hydrogens (tertiary/aromatic N) is 2. The highest BCUT2D eigenvalue weighted by molar-refractivity contribution is 6.00. The number of ether oxygens (including phenoxy) is 2. The number of ketones is 1. The van der Waals surface area contributed by atoms with Gasteiger partial charge in [-0.05, 0) is 61.9 Å². The standard InChI is InChI=1S/C26H29N3O4/c1-17(30)27-22-7-4-8-23-21(22)11-10-20(28-23)16-29-13-5-6-19(15-29)26(31)18-9-12-24(32-2)25(14-18)33-3/h4,7-12,14,19H,5-6,13,15-16H2,1-3H3,(H,27,30)/t19-/m1/s1. The van der Waals surface area contributed by atoms with Crippen LogP contribution in [-0.2, 0) is 11.3 Å². The minimum Gasteiger partial charge on any atom is -0.493 e. The summed E-state index contributed by atoms with van der Waals surface area (Å²) in [6, 6.07) is 15.1. The van der Waals surface area contributed by atoms with E-state index in [2.05, 4.69) is 10.2 Å². The van der Waals surface area contributed by atoms with Gasteiger partial charge in [-0.3, -0.25) is 19.5 Å². The van der Waals surface area contributed by atoms with Crippen LogP contribution in [0.3, 0.4) is 0 Å². The van der Waals surface area contributed by atoms with E-state index >= 15 is 0 Å². The van der Waals surface area contributed by atoms with E-state index in [1.165, 1.54) is 6.92 Å². The van der Waals surface area contributed by atoms with Crippen LogP contribution < -0.4 is 14.8 Å². The molecule has 33 heavy (non-hydrogen) atoms. The van der Waals surface area contributed by atoms with Crippen LogP contribution >= 0.6 is 0 Å². The van der Waals surface area contributed by atoms with Crippen LogP contribution in [0.25, 0.3) is 10.9 Å². The van der Waals surface area contributed by atoms with E-state index in [4.69, 9.17) is 14.5 Å². The second-order valence-electron chi connectivity index (χ2n) is 8.36. The van der Waals surface area contributed by atoms with E-state index in [0.717, 1.165) is 41.7 Å². The Bertz CT molecular complexity index is 1180. The molecule has 0 spiro atoms. The number of piperidine rings is 1. The fourth-order valence-electron chi connectivity index (χ4n) is 4.45. The first-order valence-electron chi connectivity index (χ1n) is 11.1. The third-order valence-electron chi connectivity index (χ3n) is 6.03. The number of nitrogens with one attached hydrogen (secondary N) is 1. The highest BCUT2D eigenvalue weighted by Gasteiger charge is 2.27. The van der Waals surface area contributed by atoms with E-state index in [9.17, 15) is 9.59 Å². The minimum atomic E-state index is -0.106. The largest absolute Gasteiger partial charge is 0.493 e. The van der Waals surface area contributed by atoms with Crippen LogP contribution in [0.2, 0.25) is 0 Å². The zero-order valence-electron chi connectivity index (χ0n) is 19.3. The van der Waals surface area contributed by atoms with Gasteiger partial charge in [0.15, 0.2) is 17.3 Å². The van der Waals surface area contributed by atoms with E-state index in [1.54, 1.807) is 32.4 Å². The first-order valence-corrected chi connectivity index (χ1v) is 11.1. The smallest absolute Gasteiger partial charge is 0.221 e. The number of Topliss-reactive ketones (excluding diaryl/α,β-unsaturated/α-hetero) is 1. The number of hydrogen-bond donors (Lipinski definition) is 1. The first-order chi connectivity index (χ1) is 16.0. The number of likely N-dealkylation sites (tertiary alicyclic amines) is 1. The monoisotopic (exact) mass is 447 g/mol. The number of methoxy groups -OCH3 is 2. The molecule has 2 heterocycles. The number of pyridine rings is 1. The fourth-order valence-corrected chi connectivity index (χ4v) is 4.45. The lowest BCUT2D eigenvalue weighted by Gasteiger charge is -2.31. The summed E-state index contributed by atoms with van der Waals surface area (Å²) in [7, 11) is 3.16. The topological polar surface area (TPSA) is 80.8 Å². The summed E-state index contributed by atoms with van der Waals surface area (Å²) < 4.78 is 10.6. The SMILES string of the molecule is COc1ccc(C(=O)[C@@H]2CCCN(Cc3ccc4c(NC(C)=O)cccc4n3)C2)cc1OC. The highest BCUT2D eigenvalue weighted by atomic mass is 16.5. The Hall–Kier alpha value is -3.45. The molecule has 1 atom stereocenters. The zero-order chi connectivity index (χ0) is 23.4. The second-order valence-corrected chi connectivity index (χ2v) is 8.36. The second kappa shape index (κ2) is 10.0. The Morgan fingerprint density at radius 3 is 2.67 bits per heavy atom. The summed E-state index contributed by atoms with van der Waals surface area (Å²) in [5.41, 5.74) is 3.20. The molecule has 2 aromatic carbocycles. The van der Waals surface area contributed by atoms with Crippen molar-refractivity contribution in [1.29, 1.82) is 0 Å². The van der Waals surface area contributed by atoms with E-state index < -0.39 is 0 Å². The number of rotatable bonds is 7. The van der Waals surface area contributed by atoms with E-state index in [1.807, 2.05) is 30.3 Å². The van der Waals surface area contributed by atoms with Gasteiger partial charge in [0.05, 0.1) is 31.1 Å². The Labute approximate surface area is 193 Å². The molecule has 0 unspecified atom stereocenters. The van der Waals surface area contributed by atoms with Crippen LogP contribution in [-0.4, -0.2) is 48.9 Å². The number of aromatic nitrogens is 1. The molecule has 1 saturated heterocycles. The quantitative estimate of drug-likeness (QED) is 0.544. The number of carbonyl (C=O) groups is 2. The van der Waals surface area contributed by atoms with Gasteiger partial charge < -0.3 is 14.8 Å². The van der Waals surface area contributed by atoms with Crippen LogP contribution in [0.4, 0.5) is 5.69 Å². The average molecular weight is 448 g/mol.